The van der Waals surface area contributed by atoms with E-state index in [9.17, 15) is 0 Å². The number of hydrogen-bond donors (Lipinski definition) is 0. The smallest absolute Gasteiger partial charge is 0.0756 e. The van der Waals surface area contributed by atoms with Gasteiger partial charge in [-0.15, -0.1) is 0 Å². The SMILES string of the molecule is C=C(CCCC)N1CCN(C)CC1.C=Cc1ccc2c(Cl)cc(-c3cnn(C)c3)nc2c1. The number of rotatable bonds is 6. The molecule has 170 valence electrons. The lowest BCUT2D eigenvalue weighted by molar-refractivity contribution is 0.182. The zero-order valence-corrected chi connectivity index (χ0v) is 20.3. The van der Waals surface area contributed by atoms with Crippen molar-refractivity contribution in [3.63, 3.8) is 0 Å². The fourth-order valence-electron chi connectivity index (χ4n) is 3.69. The van der Waals surface area contributed by atoms with Gasteiger partial charge in [0.05, 0.1) is 22.4 Å². The molecular formula is C26H34ClN5. The van der Waals surface area contributed by atoms with Gasteiger partial charge in [0.25, 0.3) is 0 Å². The molecule has 4 rings (SSSR count). The Balaban J connectivity index is 0.000000195. The minimum atomic E-state index is 0.694. The predicted octanol–water partition coefficient (Wildman–Crippen LogP) is 5.87. The summed E-state index contributed by atoms with van der Waals surface area (Å²) in [5, 5.41) is 5.79. The second kappa shape index (κ2) is 11.3. The van der Waals surface area contributed by atoms with Crippen LogP contribution in [0.2, 0.25) is 5.02 Å². The van der Waals surface area contributed by atoms with E-state index in [1.54, 1.807) is 17.0 Å². The summed E-state index contributed by atoms with van der Waals surface area (Å²) in [6, 6.07) is 7.80. The molecule has 3 heterocycles. The van der Waals surface area contributed by atoms with E-state index in [4.69, 9.17) is 11.6 Å². The standard InChI is InChI=1S/C15H12ClN3.C11H22N2/c1-3-10-4-5-12-13(16)7-14(18-15(12)6-10)11-8-17-19(2)9-11;1-4-5-6-11(2)13-9-7-12(3)8-10-13/h3-9H,1H2,2H3;2,4-10H2,1,3H3. The summed E-state index contributed by atoms with van der Waals surface area (Å²) in [7, 11) is 4.06. The number of nitrogens with zero attached hydrogens (tertiary/aromatic N) is 5. The van der Waals surface area contributed by atoms with Gasteiger partial charge >= 0.3 is 0 Å². The highest BCUT2D eigenvalue weighted by atomic mass is 35.5. The van der Waals surface area contributed by atoms with Gasteiger partial charge in [-0.3, -0.25) is 4.68 Å². The number of allylic oxidation sites excluding steroid dienone is 1. The molecular weight excluding hydrogens is 418 g/mol. The Morgan fingerprint density at radius 3 is 2.53 bits per heavy atom. The molecule has 32 heavy (non-hydrogen) atoms. The topological polar surface area (TPSA) is 37.2 Å². The molecule has 1 fully saturated rings. The van der Waals surface area contributed by atoms with Gasteiger partial charge in [-0.25, -0.2) is 4.98 Å². The second-order valence-corrected chi connectivity index (χ2v) is 8.74. The summed E-state index contributed by atoms with van der Waals surface area (Å²) in [5.41, 5.74) is 5.01. The number of pyridine rings is 1. The molecule has 0 atom stereocenters. The Bertz CT molecular complexity index is 1060. The summed E-state index contributed by atoms with van der Waals surface area (Å²) < 4.78 is 1.75. The molecule has 0 spiro atoms. The molecule has 3 aromatic rings. The third-order valence-electron chi connectivity index (χ3n) is 5.79. The molecule has 0 N–H and O–H groups in total. The molecule has 0 aliphatic carbocycles. The lowest BCUT2D eigenvalue weighted by Gasteiger charge is -2.35. The zero-order chi connectivity index (χ0) is 23.1. The van der Waals surface area contributed by atoms with E-state index in [0.717, 1.165) is 27.7 Å². The summed E-state index contributed by atoms with van der Waals surface area (Å²) in [4.78, 5) is 9.46. The maximum atomic E-state index is 6.32. The normalized spacial score (nSPS) is 14.2. The van der Waals surface area contributed by atoms with E-state index >= 15 is 0 Å². The van der Waals surface area contributed by atoms with Crippen LogP contribution in [0, 0.1) is 0 Å². The monoisotopic (exact) mass is 451 g/mol. The van der Waals surface area contributed by atoms with Crippen molar-refractivity contribution in [2.75, 3.05) is 33.2 Å². The molecule has 5 nitrogen and oxygen atoms in total. The fraction of sp³-hybridized carbons (Fsp3) is 0.385. The van der Waals surface area contributed by atoms with Gasteiger partial charge in [-0.1, -0.05) is 56.3 Å². The van der Waals surface area contributed by atoms with E-state index in [1.165, 1.54) is 51.1 Å². The van der Waals surface area contributed by atoms with Crippen LogP contribution in [-0.4, -0.2) is 57.8 Å². The molecule has 1 aromatic carbocycles. The van der Waals surface area contributed by atoms with Crippen LogP contribution in [0.15, 0.2) is 55.5 Å². The molecule has 0 bridgehead atoms. The lowest BCUT2D eigenvalue weighted by atomic mass is 10.1. The first-order chi connectivity index (χ1) is 15.4. The molecule has 0 amide bonds. The van der Waals surface area contributed by atoms with Gasteiger partial charge in [-0.2, -0.15) is 5.10 Å². The largest absolute Gasteiger partial charge is 0.373 e. The first-order valence-corrected chi connectivity index (χ1v) is 11.6. The average molecular weight is 452 g/mol. The molecule has 0 radical (unpaired) electrons. The lowest BCUT2D eigenvalue weighted by Crippen LogP contribution is -2.43. The number of benzene rings is 1. The van der Waals surface area contributed by atoms with Crippen LogP contribution in [0.5, 0.6) is 0 Å². The first-order valence-electron chi connectivity index (χ1n) is 11.2. The molecule has 0 saturated carbocycles. The van der Waals surface area contributed by atoms with Crippen molar-refractivity contribution in [1.82, 2.24) is 24.6 Å². The summed E-state index contributed by atoms with van der Waals surface area (Å²) >= 11 is 6.32. The molecule has 0 unspecified atom stereocenters. The Kier molecular flexibility index (Phi) is 8.48. The van der Waals surface area contributed by atoms with Gasteiger partial charge in [0, 0.05) is 56.1 Å². The van der Waals surface area contributed by atoms with Gasteiger partial charge < -0.3 is 9.80 Å². The van der Waals surface area contributed by atoms with Crippen LogP contribution in [-0.2, 0) is 7.05 Å². The number of likely N-dealkylation sites (N-methyl/N-ethyl adjacent to an activating group) is 1. The van der Waals surface area contributed by atoms with Crippen LogP contribution < -0.4 is 0 Å². The van der Waals surface area contributed by atoms with Crippen molar-refractivity contribution in [2.45, 2.75) is 26.2 Å². The highest BCUT2D eigenvalue weighted by Gasteiger charge is 2.14. The van der Waals surface area contributed by atoms with E-state index in [2.05, 4.69) is 47.0 Å². The molecule has 2 aromatic heterocycles. The minimum absolute atomic E-state index is 0.694. The van der Waals surface area contributed by atoms with E-state index in [1.807, 2.05) is 37.5 Å². The average Bonchev–Trinajstić information content (AvgIpc) is 3.24. The fourth-order valence-corrected chi connectivity index (χ4v) is 3.96. The number of piperazine rings is 1. The van der Waals surface area contributed by atoms with Gasteiger partial charge in [0.15, 0.2) is 0 Å². The molecule has 1 aliphatic heterocycles. The summed E-state index contributed by atoms with van der Waals surface area (Å²) in [5.74, 6) is 0. The van der Waals surface area contributed by atoms with Crippen molar-refractivity contribution < 1.29 is 0 Å². The summed E-state index contributed by atoms with van der Waals surface area (Å²) in [6.07, 6.45) is 9.23. The van der Waals surface area contributed by atoms with Crippen molar-refractivity contribution in [3.05, 3.63) is 66.1 Å². The van der Waals surface area contributed by atoms with Gasteiger partial charge in [-0.05, 0) is 37.6 Å². The van der Waals surface area contributed by atoms with Crippen LogP contribution in [0.3, 0.4) is 0 Å². The number of unbranched alkanes of at least 4 members (excludes halogenated alkanes) is 1. The predicted molar refractivity (Wildman–Crippen MR) is 137 cm³/mol. The van der Waals surface area contributed by atoms with Crippen molar-refractivity contribution >= 4 is 28.6 Å². The Morgan fingerprint density at radius 2 is 1.91 bits per heavy atom. The molecule has 6 heteroatoms. The minimum Gasteiger partial charge on any atom is -0.373 e. The van der Waals surface area contributed by atoms with Crippen LogP contribution >= 0.6 is 11.6 Å². The van der Waals surface area contributed by atoms with E-state index in [0.29, 0.717) is 5.02 Å². The maximum Gasteiger partial charge on any atom is 0.0756 e. The van der Waals surface area contributed by atoms with Gasteiger partial charge in [0.1, 0.15) is 0 Å². The third-order valence-corrected chi connectivity index (χ3v) is 6.10. The second-order valence-electron chi connectivity index (χ2n) is 8.33. The van der Waals surface area contributed by atoms with Crippen molar-refractivity contribution in [3.8, 4) is 11.3 Å². The Labute approximate surface area is 197 Å². The zero-order valence-electron chi connectivity index (χ0n) is 19.5. The summed E-state index contributed by atoms with van der Waals surface area (Å²) in [6.45, 7) is 14.9. The highest BCUT2D eigenvalue weighted by molar-refractivity contribution is 6.35. The number of aromatic nitrogens is 3. The molecule has 1 aliphatic rings. The number of hydrogen-bond acceptors (Lipinski definition) is 4. The highest BCUT2D eigenvalue weighted by Crippen LogP contribution is 2.28. The quantitative estimate of drug-likeness (QED) is 0.469. The van der Waals surface area contributed by atoms with Crippen molar-refractivity contribution in [1.29, 1.82) is 0 Å². The Hall–Kier alpha value is -2.63. The van der Waals surface area contributed by atoms with Crippen molar-refractivity contribution in [2.24, 2.45) is 7.05 Å². The van der Waals surface area contributed by atoms with Crippen LogP contribution in [0.4, 0.5) is 0 Å². The first kappa shape index (κ1) is 24.0. The van der Waals surface area contributed by atoms with Crippen LogP contribution in [0.1, 0.15) is 31.7 Å². The third kappa shape index (κ3) is 6.21. The molecule has 1 saturated heterocycles. The Morgan fingerprint density at radius 1 is 1.16 bits per heavy atom. The van der Waals surface area contributed by atoms with Gasteiger partial charge in [0.2, 0.25) is 0 Å². The number of fused-ring (bicyclic) bond motifs is 1. The van der Waals surface area contributed by atoms with E-state index in [-0.39, 0.29) is 0 Å². The van der Waals surface area contributed by atoms with E-state index < -0.39 is 0 Å². The maximum absolute atomic E-state index is 6.32. The van der Waals surface area contributed by atoms with Crippen LogP contribution in [0.25, 0.3) is 28.2 Å². The number of halogens is 1. The number of aryl methyl sites for hydroxylation is 1.